The number of nitrogen functional groups attached to an aromatic ring is 1. The van der Waals surface area contributed by atoms with Gasteiger partial charge in [-0.15, -0.1) is 0 Å². The van der Waals surface area contributed by atoms with Crippen LogP contribution in [0, 0.1) is 0 Å². The molecule has 0 bridgehead atoms. The van der Waals surface area contributed by atoms with Gasteiger partial charge in [0.25, 0.3) is 0 Å². The lowest BCUT2D eigenvalue weighted by Crippen LogP contribution is -2.12. The highest BCUT2D eigenvalue weighted by molar-refractivity contribution is 6.30. The Morgan fingerprint density at radius 1 is 0.950 bits per heavy atom. The van der Waals surface area contributed by atoms with Crippen molar-refractivity contribution in [1.82, 2.24) is 15.0 Å². The Balaban J connectivity index is 1.95. The third kappa shape index (κ3) is 2.90. The van der Waals surface area contributed by atoms with Crippen molar-refractivity contribution in [3.63, 3.8) is 0 Å². The molecule has 4 nitrogen and oxygen atoms in total. The van der Waals surface area contributed by atoms with E-state index in [0.717, 1.165) is 24.2 Å². The van der Waals surface area contributed by atoms with Crippen LogP contribution in [0.4, 0.5) is 5.95 Å². The highest BCUT2D eigenvalue weighted by atomic mass is 35.5. The maximum Gasteiger partial charge on any atom is 0.223 e. The van der Waals surface area contributed by atoms with Crippen LogP contribution in [-0.4, -0.2) is 15.0 Å². The number of hydrogen-bond donors (Lipinski definition) is 1. The summed E-state index contributed by atoms with van der Waals surface area (Å²) in [6, 6.07) is 7.47. The van der Waals surface area contributed by atoms with Gasteiger partial charge in [-0.1, -0.05) is 30.9 Å². The first kappa shape index (κ1) is 13.3. The monoisotopic (exact) mass is 288 g/mol. The van der Waals surface area contributed by atoms with Crippen LogP contribution in [0.1, 0.15) is 43.8 Å². The lowest BCUT2D eigenvalue weighted by molar-refractivity contribution is 0.428. The Kier molecular flexibility index (Phi) is 3.83. The minimum Gasteiger partial charge on any atom is -0.368 e. The van der Waals surface area contributed by atoms with Crippen LogP contribution in [0.15, 0.2) is 24.3 Å². The SMILES string of the molecule is Nc1nc(-c2ccc(Cl)cc2)nc(C2CCCCC2)n1. The quantitative estimate of drug-likeness (QED) is 0.912. The van der Waals surface area contributed by atoms with Crippen molar-refractivity contribution in [3.8, 4) is 11.4 Å². The topological polar surface area (TPSA) is 64.7 Å². The zero-order valence-electron chi connectivity index (χ0n) is 11.2. The number of hydrogen-bond acceptors (Lipinski definition) is 4. The van der Waals surface area contributed by atoms with Gasteiger partial charge in [-0.25, -0.2) is 4.98 Å². The van der Waals surface area contributed by atoms with Gasteiger partial charge in [-0.05, 0) is 37.1 Å². The Labute approximate surface area is 123 Å². The summed E-state index contributed by atoms with van der Waals surface area (Å²) in [7, 11) is 0. The Morgan fingerprint density at radius 3 is 2.35 bits per heavy atom. The van der Waals surface area contributed by atoms with Gasteiger partial charge < -0.3 is 5.73 Å². The first-order valence-electron chi connectivity index (χ1n) is 7.00. The number of halogens is 1. The molecule has 1 aliphatic carbocycles. The molecule has 1 aliphatic rings. The number of rotatable bonds is 2. The third-order valence-corrected chi connectivity index (χ3v) is 3.99. The zero-order valence-corrected chi connectivity index (χ0v) is 12.0. The molecule has 3 rings (SSSR count). The van der Waals surface area contributed by atoms with Crippen molar-refractivity contribution in [2.24, 2.45) is 0 Å². The van der Waals surface area contributed by atoms with E-state index in [1.807, 2.05) is 24.3 Å². The van der Waals surface area contributed by atoms with E-state index in [-0.39, 0.29) is 0 Å². The van der Waals surface area contributed by atoms with E-state index in [0.29, 0.717) is 22.7 Å². The molecule has 0 unspecified atom stereocenters. The summed E-state index contributed by atoms with van der Waals surface area (Å²) in [5.41, 5.74) is 6.76. The molecule has 104 valence electrons. The van der Waals surface area contributed by atoms with Crippen LogP contribution in [0.2, 0.25) is 5.02 Å². The van der Waals surface area contributed by atoms with Crippen LogP contribution >= 0.6 is 11.6 Å². The number of anilines is 1. The molecule has 0 amide bonds. The molecule has 1 saturated carbocycles. The van der Waals surface area contributed by atoms with E-state index in [1.165, 1.54) is 19.3 Å². The molecule has 1 aromatic heterocycles. The molecule has 1 aromatic carbocycles. The highest BCUT2D eigenvalue weighted by Crippen LogP contribution is 2.31. The average Bonchev–Trinajstić information content (AvgIpc) is 2.48. The molecule has 2 N–H and O–H groups in total. The summed E-state index contributed by atoms with van der Waals surface area (Å²) in [5, 5.41) is 0.697. The number of benzene rings is 1. The van der Waals surface area contributed by atoms with Gasteiger partial charge in [0.2, 0.25) is 5.95 Å². The molecule has 5 heteroatoms. The molecule has 0 saturated heterocycles. The summed E-state index contributed by atoms with van der Waals surface area (Å²) in [6.07, 6.45) is 6.08. The fourth-order valence-electron chi connectivity index (χ4n) is 2.68. The largest absolute Gasteiger partial charge is 0.368 e. The fraction of sp³-hybridized carbons (Fsp3) is 0.400. The Bertz CT molecular complexity index is 591. The second-order valence-electron chi connectivity index (χ2n) is 5.22. The lowest BCUT2D eigenvalue weighted by atomic mass is 9.89. The summed E-state index contributed by atoms with van der Waals surface area (Å²) >= 11 is 5.91. The van der Waals surface area contributed by atoms with Crippen LogP contribution in [-0.2, 0) is 0 Å². The van der Waals surface area contributed by atoms with Crippen LogP contribution in [0.3, 0.4) is 0 Å². The summed E-state index contributed by atoms with van der Waals surface area (Å²) < 4.78 is 0. The van der Waals surface area contributed by atoms with Gasteiger partial charge in [0.15, 0.2) is 5.82 Å². The molecular weight excluding hydrogens is 272 g/mol. The third-order valence-electron chi connectivity index (χ3n) is 3.74. The minimum atomic E-state index is 0.297. The normalized spacial score (nSPS) is 16.2. The summed E-state index contributed by atoms with van der Waals surface area (Å²) in [6.45, 7) is 0. The molecule has 0 radical (unpaired) electrons. The van der Waals surface area contributed by atoms with Crippen molar-refractivity contribution in [1.29, 1.82) is 0 Å². The van der Waals surface area contributed by atoms with Crippen molar-refractivity contribution in [3.05, 3.63) is 35.1 Å². The maximum atomic E-state index is 5.91. The Hall–Kier alpha value is -1.68. The molecule has 0 atom stereocenters. The van der Waals surface area contributed by atoms with Crippen molar-refractivity contribution >= 4 is 17.5 Å². The van der Waals surface area contributed by atoms with Crippen LogP contribution in [0.5, 0.6) is 0 Å². The van der Waals surface area contributed by atoms with Gasteiger partial charge in [0.1, 0.15) is 5.82 Å². The molecular formula is C15H17ClN4. The van der Waals surface area contributed by atoms with Gasteiger partial charge in [-0.3, -0.25) is 0 Å². The lowest BCUT2D eigenvalue weighted by Gasteiger charge is -2.20. The molecule has 2 aromatic rings. The first-order chi connectivity index (χ1) is 9.72. The van der Waals surface area contributed by atoms with Crippen molar-refractivity contribution in [2.45, 2.75) is 38.0 Å². The zero-order chi connectivity index (χ0) is 13.9. The van der Waals surface area contributed by atoms with E-state index in [9.17, 15) is 0 Å². The number of aromatic nitrogens is 3. The van der Waals surface area contributed by atoms with E-state index in [4.69, 9.17) is 17.3 Å². The molecule has 1 fully saturated rings. The van der Waals surface area contributed by atoms with Gasteiger partial charge >= 0.3 is 0 Å². The first-order valence-corrected chi connectivity index (χ1v) is 7.37. The predicted molar refractivity (Wildman–Crippen MR) is 80.5 cm³/mol. The summed E-state index contributed by atoms with van der Waals surface area (Å²) in [4.78, 5) is 13.2. The minimum absolute atomic E-state index is 0.297. The second kappa shape index (κ2) is 5.75. The molecule has 1 heterocycles. The van der Waals surface area contributed by atoms with Crippen LogP contribution < -0.4 is 5.73 Å². The van der Waals surface area contributed by atoms with Crippen molar-refractivity contribution < 1.29 is 0 Å². The highest BCUT2D eigenvalue weighted by Gasteiger charge is 2.19. The molecule has 0 aliphatic heterocycles. The van der Waals surface area contributed by atoms with E-state index < -0.39 is 0 Å². The van der Waals surface area contributed by atoms with E-state index >= 15 is 0 Å². The van der Waals surface area contributed by atoms with Crippen LogP contribution in [0.25, 0.3) is 11.4 Å². The van der Waals surface area contributed by atoms with Gasteiger partial charge in [0.05, 0.1) is 0 Å². The Morgan fingerprint density at radius 2 is 1.65 bits per heavy atom. The number of nitrogens with zero attached hydrogens (tertiary/aromatic N) is 3. The maximum absolute atomic E-state index is 5.91. The van der Waals surface area contributed by atoms with Gasteiger partial charge in [-0.2, -0.15) is 9.97 Å². The fourth-order valence-corrected chi connectivity index (χ4v) is 2.81. The molecule has 0 spiro atoms. The van der Waals surface area contributed by atoms with Crippen molar-refractivity contribution in [2.75, 3.05) is 5.73 Å². The summed E-state index contributed by atoms with van der Waals surface area (Å²) in [5.74, 6) is 2.18. The standard InChI is InChI=1S/C15H17ClN4/c16-12-8-6-11(7-9-12)14-18-13(19-15(17)20-14)10-4-2-1-3-5-10/h6-10H,1-5H2,(H2,17,18,19,20). The van der Waals surface area contributed by atoms with E-state index in [1.54, 1.807) is 0 Å². The smallest absolute Gasteiger partial charge is 0.223 e. The van der Waals surface area contributed by atoms with Gasteiger partial charge in [0, 0.05) is 16.5 Å². The average molecular weight is 289 g/mol. The number of nitrogens with two attached hydrogens (primary N) is 1. The van der Waals surface area contributed by atoms with E-state index in [2.05, 4.69) is 15.0 Å². The predicted octanol–water partition coefficient (Wildman–Crippen LogP) is 3.82. The second-order valence-corrected chi connectivity index (χ2v) is 5.65. The molecule has 20 heavy (non-hydrogen) atoms.